The maximum absolute atomic E-state index is 9.10. The molecule has 2 aromatic carbocycles. The van der Waals surface area contributed by atoms with Gasteiger partial charge in [0, 0.05) is 8.95 Å². The van der Waals surface area contributed by atoms with E-state index in [0.717, 1.165) is 21.3 Å². The molecular weight excluding hydrogens is 535 g/mol. The molecule has 0 aliphatic heterocycles. The Hall–Kier alpha value is -0.270. The number of aromatic hydroxyl groups is 1. The van der Waals surface area contributed by atoms with Gasteiger partial charge >= 0.3 is 0 Å². The first-order valence-corrected chi connectivity index (χ1v) is 10.6. The molecule has 128 valence electrons. The molecule has 0 unspecified atom stereocenters. The first kappa shape index (κ1) is 22.7. The Labute approximate surface area is 170 Å². The lowest BCUT2D eigenvalue weighted by molar-refractivity contribution is 0.414. The highest BCUT2D eigenvalue weighted by atomic mass is 127. The van der Waals surface area contributed by atoms with Crippen molar-refractivity contribution in [3.63, 3.8) is 0 Å². The normalized spacial score (nSPS) is 9.26. The third kappa shape index (κ3) is 7.44. The SMILES string of the molecule is CI.COc1cc(C)c(Br)c(C)c1.Cc1cc(O)cc(C)c1Br. The molecule has 5 heteroatoms. The second-order valence-electron chi connectivity index (χ2n) is 4.97. The molecule has 0 spiro atoms. The summed E-state index contributed by atoms with van der Waals surface area (Å²) in [7, 11) is 1.68. The van der Waals surface area contributed by atoms with Gasteiger partial charge in [-0.15, -0.1) is 0 Å². The van der Waals surface area contributed by atoms with Gasteiger partial charge in [0.05, 0.1) is 7.11 Å². The van der Waals surface area contributed by atoms with Gasteiger partial charge < -0.3 is 9.84 Å². The van der Waals surface area contributed by atoms with E-state index in [4.69, 9.17) is 9.84 Å². The largest absolute Gasteiger partial charge is 0.508 e. The Morgan fingerprint density at radius 1 is 0.783 bits per heavy atom. The highest BCUT2D eigenvalue weighted by Crippen LogP contribution is 2.26. The standard InChI is InChI=1S/C9H11BrO.C8H9BrO.CH3I/c1-6-4-8(11-3)5-7(2)9(6)10;1-5-3-7(10)4-6(2)8(5)9;1-2/h4-5H,1-3H3;3-4,10H,1-2H3;1H3. The summed E-state index contributed by atoms with van der Waals surface area (Å²) in [6.45, 7) is 8.02. The van der Waals surface area contributed by atoms with Crippen LogP contribution in [0.15, 0.2) is 33.2 Å². The van der Waals surface area contributed by atoms with Gasteiger partial charge in [0.2, 0.25) is 0 Å². The monoisotopic (exact) mass is 556 g/mol. The van der Waals surface area contributed by atoms with Crippen LogP contribution in [0.5, 0.6) is 11.5 Å². The number of hydrogen-bond acceptors (Lipinski definition) is 2. The number of ether oxygens (including phenoxy) is 1. The Balaban J connectivity index is 0.000000381. The van der Waals surface area contributed by atoms with E-state index in [-0.39, 0.29) is 0 Å². The number of halogens is 3. The van der Waals surface area contributed by atoms with E-state index in [9.17, 15) is 0 Å². The second-order valence-corrected chi connectivity index (χ2v) is 6.55. The lowest BCUT2D eigenvalue weighted by Gasteiger charge is -2.05. The number of alkyl halides is 1. The van der Waals surface area contributed by atoms with Crippen molar-refractivity contribution in [2.75, 3.05) is 12.0 Å². The molecule has 23 heavy (non-hydrogen) atoms. The Bertz CT molecular complexity index is 597. The fraction of sp³-hybridized carbons (Fsp3) is 0.333. The van der Waals surface area contributed by atoms with Gasteiger partial charge in [0.25, 0.3) is 0 Å². The van der Waals surface area contributed by atoms with E-state index in [0.29, 0.717) is 5.75 Å². The summed E-state index contributed by atoms with van der Waals surface area (Å²) in [4.78, 5) is 1.97. The summed E-state index contributed by atoms with van der Waals surface area (Å²) in [5, 5.41) is 9.10. The zero-order valence-corrected chi connectivity index (χ0v) is 19.6. The number of aryl methyl sites for hydroxylation is 4. The lowest BCUT2D eigenvalue weighted by Crippen LogP contribution is -1.87. The van der Waals surface area contributed by atoms with Crippen molar-refractivity contribution < 1.29 is 9.84 Å². The first-order chi connectivity index (χ1) is 10.8. The highest BCUT2D eigenvalue weighted by Gasteiger charge is 2.01. The van der Waals surface area contributed by atoms with Gasteiger partial charge in [-0.05, 0) is 79.1 Å². The minimum atomic E-state index is 0.332. The van der Waals surface area contributed by atoms with Gasteiger partial charge in [-0.1, -0.05) is 54.5 Å². The Morgan fingerprint density at radius 3 is 1.39 bits per heavy atom. The quantitative estimate of drug-likeness (QED) is 0.305. The third-order valence-corrected chi connectivity index (χ3v) is 5.57. The molecule has 2 aromatic rings. The van der Waals surface area contributed by atoms with Crippen LogP contribution in [0.4, 0.5) is 0 Å². The molecular formula is C18H23Br2IO2. The molecule has 2 rings (SSSR count). The molecule has 0 aliphatic carbocycles. The van der Waals surface area contributed by atoms with E-state index >= 15 is 0 Å². The van der Waals surface area contributed by atoms with Crippen molar-refractivity contribution in [1.29, 1.82) is 0 Å². The second kappa shape index (κ2) is 11.3. The van der Waals surface area contributed by atoms with Gasteiger partial charge in [-0.2, -0.15) is 0 Å². The van der Waals surface area contributed by atoms with E-state index in [1.165, 1.54) is 15.6 Å². The minimum absolute atomic E-state index is 0.332. The predicted octanol–water partition coefficient (Wildman–Crippen LogP) is 6.90. The van der Waals surface area contributed by atoms with Crippen molar-refractivity contribution in [3.8, 4) is 11.5 Å². The van der Waals surface area contributed by atoms with Crippen LogP contribution in [-0.2, 0) is 0 Å². The van der Waals surface area contributed by atoms with Crippen LogP contribution >= 0.6 is 54.5 Å². The fourth-order valence-corrected chi connectivity index (χ4v) is 2.40. The van der Waals surface area contributed by atoms with Crippen molar-refractivity contribution in [2.24, 2.45) is 0 Å². The summed E-state index contributed by atoms with van der Waals surface area (Å²) in [5.41, 5.74) is 4.55. The van der Waals surface area contributed by atoms with Crippen molar-refractivity contribution in [2.45, 2.75) is 27.7 Å². The van der Waals surface area contributed by atoms with Gasteiger partial charge in [-0.25, -0.2) is 0 Å². The Kier molecular flexibility index (Phi) is 11.2. The molecule has 0 saturated carbocycles. The average molecular weight is 558 g/mol. The number of benzene rings is 2. The maximum atomic E-state index is 9.10. The highest BCUT2D eigenvalue weighted by molar-refractivity contribution is 14.1. The number of methoxy groups -OCH3 is 1. The van der Waals surface area contributed by atoms with Crippen LogP contribution in [0.3, 0.4) is 0 Å². The molecule has 2 nitrogen and oxygen atoms in total. The van der Waals surface area contributed by atoms with Gasteiger partial charge in [0.1, 0.15) is 11.5 Å². The van der Waals surface area contributed by atoms with Crippen LogP contribution in [-0.4, -0.2) is 17.1 Å². The summed E-state index contributed by atoms with van der Waals surface area (Å²) in [6, 6.07) is 7.49. The average Bonchev–Trinajstić information content (AvgIpc) is 2.52. The van der Waals surface area contributed by atoms with Crippen LogP contribution in [0.1, 0.15) is 22.3 Å². The van der Waals surface area contributed by atoms with Gasteiger partial charge in [0.15, 0.2) is 0 Å². The number of hydrogen-bond donors (Lipinski definition) is 1. The Morgan fingerprint density at radius 2 is 1.09 bits per heavy atom. The van der Waals surface area contributed by atoms with E-state index in [1.807, 2.05) is 30.9 Å². The van der Waals surface area contributed by atoms with E-state index in [1.54, 1.807) is 19.2 Å². The number of phenolic OH excluding ortho intramolecular Hbond substituents is 1. The molecule has 0 saturated heterocycles. The molecule has 0 heterocycles. The third-order valence-electron chi connectivity index (χ3n) is 3.07. The van der Waals surface area contributed by atoms with Crippen LogP contribution in [0.2, 0.25) is 0 Å². The summed E-state index contributed by atoms with van der Waals surface area (Å²) in [5.74, 6) is 1.25. The van der Waals surface area contributed by atoms with Crippen molar-refractivity contribution in [3.05, 3.63) is 55.5 Å². The van der Waals surface area contributed by atoms with Crippen LogP contribution in [0, 0.1) is 27.7 Å². The number of rotatable bonds is 1. The molecule has 0 bridgehead atoms. The maximum Gasteiger partial charge on any atom is 0.119 e. The minimum Gasteiger partial charge on any atom is -0.508 e. The lowest BCUT2D eigenvalue weighted by atomic mass is 10.1. The first-order valence-electron chi connectivity index (χ1n) is 6.90. The van der Waals surface area contributed by atoms with Crippen molar-refractivity contribution >= 4 is 54.5 Å². The molecule has 0 radical (unpaired) electrons. The summed E-state index contributed by atoms with van der Waals surface area (Å²) < 4.78 is 7.35. The topological polar surface area (TPSA) is 29.5 Å². The molecule has 0 amide bonds. The molecule has 0 aromatic heterocycles. The fourth-order valence-electron chi connectivity index (χ4n) is 1.95. The predicted molar refractivity (Wildman–Crippen MR) is 115 cm³/mol. The van der Waals surface area contributed by atoms with E-state index < -0.39 is 0 Å². The van der Waals surface area contributed by atoms with E-state index in [2.05, 4.69) is 68.3 Å². The smallest absolute Gasteiger partial charge is 0.119 e. The zero-order valence-electron chi connectivity index (χ0n) is 14.3. The summed E-state index contributed by atoms with van der Waals surface area (Å²) >= 11 is 9.04. The number of phenols is 1. The van der Waals surface area contributed by atoms with Crippen LogP contribution < -0.4 is 4.74 Å². The molecule has 1 N–H and O–H groups in total. The van der Waals surface area contributed by atoms with Gasteiger partial charge in [-0.3, -0.25) is 0 Å². The zero-order chi connectivity index (χ0) is 18.2. The molecule has 0 atom stereocenters. The van der Waals surface area contributed by atoms with Crippen LogP contribution in [0.25, 0.3) is 0 Å². The molecule has 0 aliphatic rings. The summed E-state index contributed by atoms with van der Waals surface area (Å²) in [6.07, 6.45) is 0. The molecule has 0 fully saturated rings. The van der Waals surface area contributed by atoms with Crippen molar-refractivity contribution in [1.82, 2.24) is 0 Å².